The molecule has 0 saturated carbocycles. The fourth-order valence-electron chi connectivity index (χ4n) is 4.26. The molecule has 0 N–H and O–H groups in total. The van der Waals surface area contributed by atoms with Crippen LogP contribution in [0.4, 0.5) is 9.18 Å². The Morgan fingerprint density at radius 2 is 1.71 bits per heavy atom. The van der Waals surface area contributed by atoms with Crippen molar-refractivity contribution < 1.29 is 13.9 Å². The van der Waals surface area contributed by atoms with Crippen LogP contribution in [0.25, 0.3) is 0 Å². The van der Waals surface area contributed by atoms with Gasteiger partial charge in [-0.1, -0.05) is 24.3 Å². The van der Waals surface area contributed by atoms with Crippen molar-refractivity contribution >= 4 is 6.09 Å². The number of ether oxygens (including phenoxy) is 1. The van der Waals surface area contributed by atoms with Gasteiger partial charge in [0.1, 0.15) is 11.8 Å². The highest BCUT2D eigenvalue weighted by Gasteiger charge is 2.28. The zero-order valence-corrected chi connectivity index (χ0v) is 17.6. The SMILES string of the molecule is CC(C)(C)OC(=O)N1CCC(c2ccccc2CCN2CCC(F)CC2)CC1. The Kier molecular flexibility index (Phi) is 6.97. The van der Waals surface area contributed by atoms with E-state index in [1.807, 2.05) is 25.7 Å². The molecule has 2 fully saturated rings. The first-order chi connectivity index (χ1) is 13.3. The molecule has 2 aliphatic rings. The summed E-state index contributed by atoms with van der Waals surface area (Å²) in [6.45, 7) is 9.96. The highest BCUT2D eigenvalue weighted by molar-refractivity contribution is 5.68. The van der Waals surface area contributed by atoms with Gasteiger partial charge in [-0.25, -0.2) is 9.18 Å². The minimum Gasteiger partial charge on any atom is -0.444 e. The van der Waals surface area contributed by atoms with Crippen LogP contribution in [-0.2, 0) is 11.2 Å². The number of hydrogen-bond acceptors (Lipinski definition) is 3. The van der Waals surface area contributed by atoms with Crippen molar-refractivity contribution in [3.63, 3.8) is 0 Å². The predicted molar refractivity (Wildman–Crippen MR) is 110 cm³/mol. The van der Waals surface area contributed by atoms with Gasteiger partial charge < -0.3 is 14.5 Å². The number of piperidine rings is 2. The van der Waals surface area contributed by atoms with Crippen molar-refractivity contribution in [3.8, 4) is 0 Å². The summed E-state index contributed by atoms with van der Waals surface area (Å²) < 4.78 is 18.9. The molecule has 156 valence electrons. The molecule has 1 amide bonds. The minimum absolute atomic E-state index is 0.199. The molecule has 0 aliphatic carbocycles. The average molecular weight is 391 g/mol. The van der Waals surface area contributed by atoms with Crippen LogP contribution in [0.3, 0.4) is 0 Å². The van der Waals surface area contributed by atoms with Gasteiger partial charge in [0.2, 0.25) is 0 Å². The van der Waals surface area contributed by atoms with Crippen LogP contribution in [0.1, 0.15) is 63.5 Å². The molecule has 0 atom stereocenters. The monoisotopic (exact) mass is 390 g/mol. The molecule has 28 heavy (non-hydrogen) atoms. The summed E-state index contributed by atoms with van der Waals surface area (Å²) in [6, 6.07) is 8.71. The first-order valence-electron chi connectivity index (χ1n) is 10.7. The summed E-state index contributed by atoms with van der Waals surface area (Å²) in [4.78, 5) is 16.5. The fraction of sp³-hybridized carbons (Fsp3) is 0.696. The van der Waals surface area contributed by atoms with E-state index in [1.54, 1.807) is 0 Å². The molecular weight excluding hydrogens is 355 g/mol. The van der Waals surface area contributed by atoms with E-state index in [-0.39, 0.29) is 6.09 Å². The minimum atomic E-state index is -0.612. The van der Waals surface area contributed by atoms with Crippen LogP contribution in [0.2, 0.25) is 0 Å². The zero-order chi connectivity index (χ0) is 20.1. The van der Waals surface area contributed by atoms with E-state index < -0.39 is 11.8 Å². The molecule has 0 unspecified atom stereocenters. The number of carbonyl (C=O) groups excluding carboxylic acids is 1. The van der Waals surface area contributed by atoms with E-state index in [4.69, 9.17) is 4.74 Å². The van der Waals surface area contributed by atoms with Crippen LogP contribution in [-0.4, -0.2) is 60.4 Å². The number of alkyl halides is 1. The number of amides is 1. The Morgan fingerprint density at radius 3 is 2.36 bits per heavy atom. The van der Waals surface area contributed by atoms with Crippen molar-refractivity contribution in [1.82, 2.24) is 9.80 Å². The molecule has 1 aromatic rings. The first-order valence-corrected chi connectivity index (χ1v) is 10.7. The smallest absolute Gasteiger partial charge is 0.410 e. The predicted octanol–water partition coefficient (Wildman–Crippen LogP) is 4.78. The molecule has 0 aromatic heterocycles. The second-order valence-corrected chi connectivity index (χ2v) is 9.21. The number of halogens is 1. The van der Waals surface area contributed by atoms with E-state index in [0.29, 0.717) is 18.8 Å². The first kappa shape index (κ1) is 21.1. The molecule has 0 radical (unpaired) electrons. The Balaban J connectivity index is 1.54. The maximum atomic E-state index is 13.3. The summed E-state index contributed by atoms with van der Waals surface area (Å²) in [5, 5.41) is 0. The number of rotatable bonds is 4. The van der Waals surface area contributed by atoms with Gasteiger partial charge in [-0.15, -0.1) is 0 Å². The average Bonchev–Trinajstić information content (AvgIpc) is 2.67. The van der Waals surface area contributed by atoms with Gasteiger partial charge in [0, 0.05) is 32.7 Å². The van der Waals surface area contributed by atoms with E-state index in [1.165, 1.54) is 11.1 Å². The molecule has 3 rings (SSSR count). The standard InChI is InChI=1S/C23H35FN2O2/c1-23(2,3)28-22(27)26-16-9-19(10-17-26)21-7-5-4-6-18(21)8-13-25-14-11-20(24)12-15-25/h4-7,19-20H,8-17H2,1-3H3. The van der Waals surface area contributed by atoms with E-state index in [2.05, 4.69) is 29.2 Å². The molecule has 0 spiro atoms. The summed E-state index contributed by atoms with van der Waals surface area (Å²) in [5.41, 5.74) is 2.38. The molecule has 5 heteroatoms. The Morgan fingerprint density at radius 1 is 1.07 bits per heavy atom. The Bertz CT molecular complexity index is 642. The van der Waals surface area contributed by atoms with Crippen LogP contribution >= 0.6 is 0 Å². The van der Waals surface area contributed by atoms with Gasteiger partial charge in [-0.05, 0) is 69.9 Å². The van der Waals surface area contributed by atoms with Crippen LogP contribution in [0, 0.1) is 0 Å². The second kappa shape index (κ2) is 9.25. The van der Waals surface area contributed by atoms with E-state index in [9.17, 15) is 9.18 Å². The normalized spacial score (nSPS) is 20.4. The van der Waals surface area contributed by atoms with Gasteiger partial charge in [0.15, 0.2) is 0 Å². The van der Waals surface area contributed by atoms with Crippen LogP contribution < -0.4 is 0 Å². The lowest BCUT2D eigenvalue weighted by molar-refractivity contribution is 0.0204. The van der Waals surface area contributed by atoms with Gasteiger partial charge in [0.05, 0.1) is 0 Å². The van der Waals surface area contributed by atoms with Crippen molar-refractivity contribution in [2.75, 3.05) is 32.7 Å². The number of hydrogen-bond donors (Lipinski definition) is 0. The third-order valence-corrected chi connectivity index (χ3v) is 5.86. The van der Waals surface area contributed by atoms with Crippen LogP contribution in [0.15, 0.2) is 24.3 Å². The van der Waals surface area contributed by atoms with Crippen molar-refractivity contribution in [2.45, 2.75) is 70.6 Å². The van der Waals surface area contributed by atoms with Gasteiger partial charge in [-0.2, -0.15) is 0 Å². The second-order valence-electron chi connectivity index (χ2n) is 9.21. The highest BCUT2D eigenvalue weighted by Crippen LogP contribution is 2.31. The number of nitrogens with zero attached hydrogens (tertiary/aromatic N) is 2. The van der Waals surface area contributed by atoms with E-state index in [0.717, 1.165) is 52.0 Å². The van der Waals surface area contributed by atoms with Gasteiger partial charge in [-0.3, -0.25) is 0 Å². The molecule has 2 heterocycles. The number of likely N-dealkylation sites (tertiary alicyclic amines) is 2. The van der Waals surface area contributed by atoms with Gasteiger partial charge in [0.25, 0.3) is 0 Å². The van der Waals surface area contributed by atoms with E-state index >= 15 is 0 Å². The Labute approximate surface area is 169 Å². The highest BCUT2D eigenvalue weighted by atomic mass is 19.1. The summed E-state index contributed by atoms with van der Waals surface area (Å²) >= 11 is 0. The molecule has 0 bridgehead atoms. The van der Waals surface area contributed by atoms with Crippen molar-refractivity contribution in [2.24, 2.45) is 0 Å². The quantitative estimate of drug-likeness (QED) is 0.742. The largest absolute Gasteiger partial charge is 0.444 e. The summed E-state index contributed by atoms with van der Waals surface area (Å²) in [6.07, 6.45) is 3.50. The van der Waals surface area contributed by atoms with Crippen molar-refractivity contribution in [3.05, 3.63) is 35.4 Å². The number of benzene rings is 1. The molecule has 4 nitrogen and oxygen atoms in total. The lowest BCUT2D eigenvalue weighted by Crippen LogP contribution is -2.41. The molecular formula is C23H35FN2O2. The lowest BCUT2D eigenvalue weighted by atomic mass is 9.85. The third kappa shape index (κ3) is 5.94. The maximum absolute atomic E-state index is 13.3. The van der Waals surface area contributed by atoms with Crippen molar-refractivity contribution in [1.29, 1.82) is 0 Å². The lowest BCUT2D eigenvalue weighted by Gasteiger charge is -2.34. The maximum Gasteiger partial charge on any atom is 0.410 e. The molecule has 1 aromatic carbocycles. The Hall–Kier alpha value is -1.62. The fourth-order valence-corrected chi connectivity index (χ4v) is 4.26. The summed E-state index contributed by atoms with van der Waals surface area (Å²) in [7, 11) is 0. The molecule has 2 saturated heterocycles. The molecule has 2 aliphatic heterocycles. The van der Waals surface area contributed by atoms with Crippen LogP contribution in [0.5, 0.6) is 0 Å². The third-order valence-electron chi connectivity index (χ3n) is 5.86. The topological polar surface area (TPSA) is 32.8 Å². The summed E-state index contributed by atoms with van der Waals surface area (Å²) in [5.74, 6) is 0.492. The number of carbonyl (C=O) groups is 1. The zero-order valence-electron chi connectivity index (χ0n) is 17.6. The van der Waals surface area contributed by atoms with Gasteiger partial charge >= 0.3 is 6.09 Å².